The number of hydrazine groups is 1. The van der Waals surface area contributed by atoms with Crippen LogP contribution in [-0.2, 0) is 0 Å². The molecule has 0 radical (unpaired) electrons. The summed E-state index contributed by atoms with van der Waals surface area (Å²) in [5, 5.41) is 7.23. The van der Waals surface area contributed by atoms with Crippen molar-refractivity contribution < 1.29 is 4.52 Å². The summed E-state index contributed by atoms with van der Waals surface area (Å²) in [5.41, 5.74) is 1.98. The number of benzene rings is 1. The van der Waals surface area contributed by atoms with Gasteiger partial charge >= 0.3 is 0 Å². The third-order valence-corrected chi connectivity index (χ3v) is 3.32. The van der Waals surface area contributed by atoms with Crippen molar-refractivity contribution in [1.29, 1.82) is 0 Å². The van der Waals surface area contributed by atoms with Crippen LogP contribution >= 0.6 is 0 Å². The standard InChI is InChI=1S/C12H15N3O/c13-15-7-5-9(6-8-15)12-10-3-1-2-4-11(10)16-14-12/h1-4,9H,5-8,13H2. The minimum absolute atomic E-state index is 0.489. The van der Waals surface area contributed by atoms with Crippen molar-refractivity contribution in [2.75, 3.05) is 13.1 Å². The number of aromatic nitrogens is 1. The number of nitrogens with zero attached hydrogens (tertiary/aromatic N) is 2. The number of fused-ring (bicyclic) bond motifs is 1. The van der Waals surface area contributed by atoms with Crippen molar-refractivity contribution in [2.45, 2.75) is 18.8 Å². The van der Waals surface area contributed by atoms with E-state index in [2.05, 4.69) is 11.2 Å². The van der Waals surface area contributed by atoms with Crippen molar-refractivity contribution in [3.8, 4) is 0 Å². The number of hydrogen-bond donors (Lipinski definition) is 1. The molecule has 2 heterocycles. The van der Waals surface area contributed by atoms with E-state index < -0.39 is 0 Å². The topological polar surface area (TPSA) is 55.3 Å². The van der Waals surface area contributed by atoms with Crippen LogP contribution in [0.5, 0.6) is 0 Å². The van der Waals surface area contributed by atoms with Gasteiger partial charge in [-0.2, -0.15) is 0 Å². The highest BCUT2D eigenvalue weighted by Gasteiger charge is 2.23. The van der Waals surface area contributed by atoms with Crippen LogP contribution in [0, 0.1) is 0 Å². The summed E-state index contributed by atoms with van der Waals surface area (Å²) < 4.78 is 5.33. The Labute approximate surface area is 94.0 Å². The fourth-order valence-corrected chi connectivity index (χ4v) is 2.37. The second-order valence-electron chi connectivity index (χ2n) is 4.37. The van der Waals surface area contributed by atoms with E-state index in [0.717, 1.165) is 42.6 Å². The normalized spacial score (nSPS) is 19.3. The number of piperidine rings is 1. The van der Waals surface area contributed by atoms with Crippen molar-refractivity contribution >= 4 is 11.0 Å². The van der Waals surface area contributed by atoms with E-state index in [1.165, 1.54) is 0 Å². The molecule has 16 heavy (non-hydrogen) atoms. The maximum absolute atomic E-state index is 5.75. The second-order valence-corrected chi connectivity index (χ2v) is 4.37. The van der Waals surface area contributed by atoms with E-state index in [0.29, 0.717) is 5.92 Å². The molecule has 0 spiro atoms. The van der Waals surface area contributed by atoms with E-state index in [4.69, 9.17) is 10.4 Å². The maximum atomic E-state index is 5.75. The van der Waals surface area contributed by atoms with Crippen molar-refractivity contribution in [2.24, 2.45) is 5.84 Å². The van der Waals surface area contributed by atoms with E-state index in [-0.39, 0.29) is 0 Å². The molecule has 1 aromatic heterocycles. The summed E-state index contributed by atoms with van der Waals surface area (Å²) in [7, 11) is 0. The van der Waals surface area contributed by atoms with Gasteiger partial charge in [0.2, 0.25) is 0 Å². The van der Waals surface area contributed by atoms with Gasteiger partial charge in [0.15, 0.2) is 5.58 Å². The van der Waals surface area contributed by atoms with Gasteiger partial charge in [-0.05, 0) is 25.0 Å². The minimum atomic E-state index is 0.489. The molecule has 1 aliphatic heterocycles. The molecule has 0 atom stereocenters. The van der Waals surface area contributed by atoms with Crippen LogP contribution in [0.25, 0.3) is 11.0 Å². The first kappa shape index (κ1) is 9.81. The van der Waals surface area contributed by atoms with E-state index in [9.17, 15) is 0 Å². The number of para-hydroxylation sites is 1. The molecule has 0 aliphatic carbocycles. The number of hydrogen-bond acceptors (Lipinski definition) is 4. The highest BCUT2D eigenvalue weighted by Crippen LogP contribution is 2.31. The lowest BCUT2D eigenvalue weighted by Crippen LogP contribution is -2.38. The molecule has 1 aliphatic rings. The Balaban J connectivity index is 1.94. The first-order chi connectivity index (χ1) is 7.84. The molecule has 1 fully saturated rings. The third-order valence-electron chi connectivity index (χ3n) is 3.32. The zero-order valence-electron chi connectivity index (χ0n) is 9.10. The monoisotopic (exact) mass is 217 g/mol. The van der Waals surface area contributed by atoms with Crippen molar-refractivity contribution in [3.05, 3.63) is 30.0 Å². The van der Waals surface area contributed by atoms with Gasteiger partial charge in [-0.1, -0.05) is 17.3 Å². The Kier molecular flexibility index (Phi) is 2.38. The number of rotatable bonds is 1. The van der Waals surface area contributed by atoms with Gasteiger partial charge in [0.05, 0.1) is 5.69 Å². The molecule has 84 valence electrons. The van der Waals surface area contributed by atoms with Gasteiger partial charge in [0.25, 0.3) is 0 Å². The second kappa shape index (κ2) is 3.88. The summed E-state index contributed by atoms with van der Waals surface area (Å²) >= 11 is 0. The molecule has 3 rings (SSSR count). The molecular formula is C12H15N3O. The SMILES string of the molecule is NN1CCC(c2noc3ccccc23)CC1. The molecule has 2 N–H and O–H groups in total. The Hall–Kier alpha value is -1.39. The average Bonchev–Trinajstić information content (AvgIpc) is 2.74. The third kappa shape index (κ3) is 1.60. The fourth-order valence-electron chi connectivity index (χ4n) is 2.37. The first-order valence-corrected chi connectivity index (χ1v) is 5.68. The zero-order valence-corrected chi connectivity index (χ0v) is 9.10. The highest BCUT2D eigenvalue weighted by atomic mass is 16.5. The maximum Gasteiger partial charge on any atom is 0.167 e. The van der Waals surface area contributed by atoms with E-state index in [1.807, 2.05) is 23.2 Å². The molecule has 1 aromatic carbocycles. The van der Waals surface area contributed by atoms with Crippen LogP contribution < -0.4 is 5.84 Å². The quantitative estimate of drug-likeness (QED) is 0.741. The highest BCUT2D eigenvalue weighted by molar-refractivity contribution is 5.79. The number of nitrogens with two attached hydrogens (primary N) is 1. The molecule has 0 saturated carbocycles. The van der Waals surface area contributed by atoms with Crippen LogP contribution in [0.15, 0.2) is 28.8 Å². The van der Waals surface area contributed by atoms with Gasteiger partial charge < -0.3 is 4.52 Å². The van der Waals surface area contributed by atoms with Crippen LogP contribution in [0.3, 0.4) is 0 Å². The van der Waals surface area contributed by atoms with Crippen molar-refractivity contribution in [3.63, 3.8) is 0 Å². The Bertz CT molecular complexity index is 486. The largest absolute Gasteiger partial charge is 0.356 e. The predicted octanol–water partition coefficient (Wildman–Crippen LogP) is 1.88. The summed E-state index contributed by atoms with van der Waals surface area (Å²) in [4.78, 5) is 0. The van der Waals surface area contributed by atoms with E-state index >= 15 is 0 Å². The summed E-state index contributed by atoms with van der Waals surface area (Å²) in [5.74, 6) is 6.24. The molecule has 2 aromatic rings. The van der Waals surface area contributed by atoms with Crippen LogP contribution in [-0.4, -0.2) is 23.3 Å². The van der Waals surface area contributed by atoms with Gasteiger partial charge in [-0.3, -0.25) is 5.84 Å². The molecule has 4 nitrogen and oxygen atoms in total. The van der Waals surface area contributed by atoms with E-state index in [1.54, 1.807) is 0 Å². The summed E-state index contributed by atoms with van der Waals surface area (Å²) in [6, 6.07) is 8.04. The molecule has 0 unspecified atom stereocenters. The Morgan fingerprint density at radius 2 is 2.00 bits per heavy atom. The van der Waals surface area contributed by atoms with Gasteiger partial charge in [0.1, 0.15) is 0 Å². The lowest BCUT2D eigenvalue weighted by Gasteiger charge is -2.27. The molecule has 1 saturated heterocycles. The Morgan fingerprint density at radius 1 is 1.25 bits per heavy atom. The van der Waals surface area contributed by atoms with Crippen LogP contribution in [0.4, 0.5) is 0 Å². The van der Waals surface area contributed by atoms with Gasteiger partial charge in [0, 0.05) is 24.4 Å². The minimum Gasteiger partial charge on any atom is -0.356 e. The first-order valence-electron chi connectivity index (χ1n) is 5.68. The molecular weight excluding hydrogens is 202 g/mol. The summed E-state index contributed by atoms with van der Waals surface area (Å²) in [6.45, 7) is 1.87. The zero-order chi connectivity index (χ0) is 11.0. The average molecular weight is 217 g/mol. The lowest BCUT2D eigenvalue weighted by molar-refractivity contribution is 0.214. The fraction of sp³-hybridized carbons (Fsp3) is 0.417. The molecule has 4 heteroatoms. The van der Waals surface area contributed by atoms with Gasteiger partial charge in [-0.25, -0.2) is 5.01 Å². The molecule has 0 amide bonds. The Morgan fingerprint density at radius 3 is 2.81 bits per heavy atom. The lowest BCUT2D eigenvalue weighted by atomic mass is 9.92. The summed E-state index contributed by atoms with van der Waals surface area (Å²) in [6.07, 6.45) is 2.13. The smallest absolute Gasteiger partial charge is 0.167 e. The predicted molar refractivity (Wildman–Crippen MR) is 61.7 cm³/mol. The van der Waals surface area contributed by atoms with Gasteiger partial charge in [-0.15, -0.1) is 0 Å². The van der Waals surface area contributed by atoms with Crippen LogP contribution in [0.1, 0.15) is 24.5 Å². The molecule has 0 bridgehead atoms. The van der Waals surface area contributed by atoms with Crippen LogP contribution in [0.2, 0.25) is 0 Å². The van der Waals surface area contributed by atoms with Crippen molar-refractivity contribution in [1.82, 2.24) is 10.2 Å².